The Morgan fingerprint density at radius 2 is 2.30 bits per heavy atom. The van der Waals surface area contributed by atoms with Crippen molar-refractivity contribution < 1.29 is 9.15 Å². The van der Waals surface area contributed by atoms with Crippen LogP contribution in [0.4, 0.5) is 5.69 Å². The van der Waals surface area contributed by atoms with Crippen molar-refractivity contribution in [3.63, 3.8) is 0 Å². The highest BCUT2D eigenvalue weighted by Crippen LogP contribution is 2.22. The monoisotopic (exact) mass is 287 g/mol. The average Bonchev–Trinajstić information content (AvgIpc) is 3.02. The van der Waals surface area contributed by atoms with Gasteiger partial charge in [0.05, 0.1) is 19.1 Å². The zero-order valence-electron chi connectivity index (χ0n) is 10.9. The summed E-state index contributed by atoms with van der Waals surface area (Å²) in [7, 11) is 1.64. The summed E-state index contributed by atoms with van der Waals surface area (Å²) in [6.07, 6.45) is 1.64. The molecule has 0 saturated carbocycles. The number of methoxy groups -OCH3 is 1. The zero-order chi connectivity index (χ0) is 13.8. The lowest BCUT2D eigenvalue weighted by Gasteiger charge is -2.13. The molecule has 20 heavy (non-hydrogen) atoms. The summed E-state index contributed by atoms with van der Waals surface area (Å²) in [4.78, 5) is 4.49. The van der Waals surface area contributed by atoms with Gasteiger partial charge in [0, 0.05) is 11.8 Å². The minimum absolute atomic E-state index is 0.726. The number of benzene rings is 1. The van der Waals surface area contributed by atoms with Gasteiger partial charge in [0.25, 0.3) is 0 Å². The highest BCUT2D eigenvalue weighted by atomic mass is 32.2. The van der Waals surface area contributed by atoms with Gasteiger partial charge in [-0.05, 0) is 24.3 Å². The number of aliphatic imine (C=N–C) groups is 1. The lowest BCUT2D eigenvalue weighted by atomic mass is 10.3. The average molecular weight is 287 g/mol. The second-order valence-electron chi connectivity index (χ2n) is 4.05. The first-order valence-electron chi connectivity index (χ1n) is 6.07. The van der Waals surface area contributed by atoms with Crippen LogP contribution in [0.5, 0.6) is 5.75 Å². The van der Waals surface area contributed by atoms with Crippen molar-refractivity contribution in [2.75, 3.05) is 12.9 Å². The number of hydrogen-bond donors (Lipinski definition) is 1. The summed E-state index contributed by atoms with van der Waals surface area (Å²) < 4.78 is 10.5. The summed E-state index contributed by atoms with van der Waals surface area (Å²) in [5.41, 5.74) is 4.65. The van der Waals surface area contributed by atoms with Crippen LogP contribution in [-0.2, 0) is 0 Å². The molecule has 0 unspecified atom stereocenters. The number of amidine groups is 1. The second kappa shape index (κ2) is 5.83. The number of hydrogen-bond acceptors (Lipinski definition) is 5. The fraction of sp³-hybridized carbons (Fsp3) is 0.143. The maximum absolute atomic E-state index is 5.32. The molecule has 2 aromatic rings. The van der Waals surface area contributed by atoms with E-state index in [4.69, 9.17) is 9.15 Å². The van der Waals surface area contributed by atoms with Crippen molar-refractivity contribution >= 4 is 28.3 Å². The van der Waals surface area contributed by atoms with Gasteiger partial charge in [0.15, 0.2) is 10.9 Å². The highest BCUT2D eigenvalue weighted by molar-refractivity contribution is 8.14. The quantitative estimate of drug-likeness (QED) is 0.942. The smallest absolute Gasteiger partial charge is 0.182 e. The Morgan fingerprint density at radius 1 is 1.35 bits per heavy atom. The summed E-state index contributed by atoms with van der Waals surface area (Å²) in [6.45, 7) is 0. The van der Waals surface area contributed by atoms with Crippen molar-refractivity contribution in [1.29, 1.82) is 0 Å². The Balaban J connectivity index is 1.75. The highest BCUT2D eigenvalue weighted by Gasteiger charge is 2.14. The zero-order valence-corrected chi connectivity index (χ0v) is 11.7. The van der Waals surface area contributed by atoms with Gasteiger partial charge in [-0.3, -0.25) is 5.43 Å². The minimum Gasteiger partial charge on any atom is -0.497 e. The van der Waals surface area contributed by atoms with Crippen LogP contribution in [-0.4, -0.2) is 23.7 Å². The lowest BCUT2D eigenvalue weighted by molar-refractivity contribution is 0.415. The molecule has 1 aliphatic rings. The Bertz CT molecular complexity index is 650. The molecule has 3 rings (SSSR count). The van der Waals surface area contributed by atoms with Crippen molar-refractivity contribution in [1.82, 2.24) is 5.43 Å². The molecule has 2 heterocycles. The molecule has 0 atom stereocenters. The van der Waals surface area contributed by atoms with Gasteiger partial charge in [0.1, 0.15) is 11.5 Å². The third-order valence-electron chi connectivity index (χ3n) is 2.72. The first kappa shape index (κ1) is 12.8. The number of rotatable bonds is 3. The molecule has 0 spiro atoms. The van der Waals surface area contributed by atoms with E-state index in [0.717, 1.165) is 33.8 Å². The molecule has 1 aromatic carbocycles. The molecule has 0 bridgehead atoms. The molecular weight excluding hydrogens is 274 g/mol. The molecular formula is C14H13N3O2S. The van der Waals surface area contributed by atoms with E-state index in [1.54, 1.807) is 25.1 Å². The molecule has 0 fully saturated rings. The second-order valence-corrected chi connectivity index (χ2v) is 5.02. The predicted molar refractivity (Wildman–Crippen MR) is 80.9 cm³/mol. The van der Waals surface area contributed by atoms with Gasteiger partial charge in [-0.2, -0.15) is 5.10 Å². The fourth-order valence-corrected chi connectivity index (χ4v) is 2.50. The third kappa shape index (κ3) is 2.85. The predicted octanol–water partition coefficient (Wildman–Crippen LogP) is 3.02. The van der Waals surface area contributed by atoms with Gasteiger partial charge in [-0.15, -0.1) is 0 Å². The van der Waals surface area contributed by atoms with Crippen LogP contribution in [0, 0.1) is 0 Å². The Labute approximate surface area is 120 Å². The molecule has 0 amide bonds. The van der Waals surface area contributed by atoms with Crippen LogP contribution in [0.3, 0.4) is 0 Å². The maximum atomic E-state index is 5.32. The standard InChI is InChI=1S/C14H13N3O2S/c1-18-11-5-2-4-10(8-11)15-14-17-16-12(9-20-14)13-6-3-7-19-13/h2-8H,9H2,1H3,(H,15,17). The normalized spacial score (nSPS) is 16.6. The molecule has 102 valence electrons. The Kier molecular flexibility index (Phi) is 3.73. The summed E-state index contributed by atoms with van der Waals surface area (Å²) in [5.74, 6) is 2.29. The molecule has 5 nitrogen and oxygen atoms in total. The SMILES string of the molecule is COc1cccc(N=C2NN=C(c3ccco3)CS2)c1. The van der Waals surface area contributed by atoms with Crippen molar-refractivity contribution in [2.24, 2.45) is 10.1 Å². The number of ether oxygens (including phenoxy) is 1. The van der Waals surface area contributed by atoms with E-state index in [-0.39, 0.29) is 0 Å². The molecule has 1 N–H and O–H groups in total. The van der Waals surface area contributed by atoms with Gasteiger partial charge >= 0.3 is 0 Å². The molecule has 0 aliphatic carbocycles. The van der Waals surface area contributed by atoms with Crippen LogP contribution >= 0.6 is 11.8 Å². The number of furan rings is 1. The van der Waals surface area contributed by atoms with Crippen molar-refractivity contribution in [3.05, 3.63) is 48.4 Å². The Hall–Kier alpha value is -2.21. The van der Waals surface area contributed by atoms with E-state index < -0.39 is 0 Å². The van der Waals surface area contributed by atoms with E-state index >= 15 is 0 Å². The first-order valence-corrected chi connectivity index (χ1v) is 7.06. The molecule has 1 aromatic heterocycles. The maximum Gasteiger partial charge on any atom is 0.182 e. The lowest BCUT2D eigenvalue weighted by Crippen LogP contribution is -2.24. The molecule has 0 radical (unpaired) electrons. The van der Waals surface area contributed by atoms with E-state index in [9.17, 15) is 0 Å². The summed E-state index contributed by atoms with van der Waals surface area (Å²) >= 11 is 1.59. The molecule has 1 aliphatic heterocycles. The van der Waals surface area contributed by atoms with E-state index in [1.807, 2.05) is 36.4 Å². The van der Waals surface area contributed by atoms with E-state index in [2.05, 4.69) is 15.5 Å². The fourth-order valence-electron chi connectivity index (χ4n) is 1.74. The van der Waals surface area contributed by atoms with Crippen LogP contribution in [0.1, 0.15) is 5.76 Å². The third-order valence-corrected chi connectivity index (χ3v) is 3.60. The first-order chi connectivity index (χ1) is 9.85. The minimum atomic E-state index is 0.726. The Morgan fingerprint density at radius 3 is 3.00 bits per heavy atom. The van der Waals surface area contributed by atoms with Gasteiger partial charge in [-0.1, -0.05) is 17.8 Å². The summed E-state index contributed by atoms with van der Waals surface area (Å²) in [6, 6.07) is 11.3. The topological polar surface area (TPSA) is 59.1 Å². The molecule has 0 saturated heterocycles. The number of thioether (sulfide) groups is 1. The van der Waals surface area contributed by atoms with Crippen LogP contribution in [0.15, 0.2) is 57.2 Å². The largest absolute Gasteiger partial charge is 0.497 e. The van der Waals surface area contributed by atoms with Gasteiger partial charge < -0.3 is 9.15 Å². The number of hydrazone groups is 1. The van der Waals surface area contributed by atoms with E-state index in [1.165, 1.54) is 0 Å². The summed E-state index contributed by atoms with van der Waals surface area (Å²) in [5, 5.41) is 5.04. The van der Waals surface area contributed by atoms with Crippen LogP contribution < -0.4 is 10.2 Å². The van der Waals surface area contributed by atoms with Crippen molar-refractivity contribution in [2.45, 2.75) is 0 Å². The molecule has 6 heteroatoms. The van der Waals surface area contributed by atoms with Crippen LogP contribution in [0.25, 0.3) is 0 Å². The van der Waals surface area contributed by atoms with Crippen molar-refractivity contribution in [3.8, 4) is 5.75 Å². The van der Waals surface area contributed by atoms with Gasteiger partial charge in [0.2, 0.25) is 0 Å². The van der Waals surface area contributed by atoms with Crippen LogP contribution in [0.2, 0.25) is 0 Å². The number of nitrogens with one attached hydrogen (secondary N) is 1. The van der Waals surface area contributed by atoms with Gasteiger partial charge in [-0.25, -0.2) is 4.99 Å². The van der Waals surface area contributed by atoms with E-state index in [0.29, 0.717) is 0 Å². The number of nitrogens with zero attached hydrogens (tertiary/aromatic N) is 2.